The Labute approximate surface area is 117 Å². The Balaban J connectivity index is 1.67. The Morgan fingerprint density at radius 1 is 1.25 bits per heavy atom. The van der Waals surface area contributed by atoms with E-state index < -0.39 is 0 Å². The van der Waals surface area contributed by atoms with Crippen LogP contribution in [0, 0.1) is 5.92 Å². The van der Waals surface area contributed by atoms with Crippen LogP contribution < -0.4 is 11.1 Å². The molecule has 1 saturated carbocycles. The van der Waals surface area contributed by atoms with Crippen molar-refractivity contribution in [1.29, 1.82) is 0 Å². The normalized spacial score (nSPS) is 22.1. The summed E-state index contributed by atoms with van der Waals surface area (Å²) in [4.78, 5) is 20.5. The summed E-state index contributed by atoms with van der Waals surface area (Å²) >= 11 is 0. The first-order chi connectivity index (χ1) is 9.72. The standard InChI is InChI=1S/C15H18N4O/c16-12-3-1-2-10(12)8-15(20)19-11-4-5-13-14(9-11)18-7-6-17-13/h4-7,9-10,12H,1-3,8,16H2,(H,19,20)/t10-,12+/m0/s1. The lowest BCUT2D eigenvalue weighted by Crippen LogP contribution is -2.28. The summed E-state index contributed by atoms with van der Waals surface area (Å²) < 4.78 is 0. The molecule has 3 rings (SSSR count). The Bertz CT molecular complexity index is 628. The van der Waals surface area contributed by atoms with Crippen molar-refractivity contribution in [2.24, 2.45) is 11.7 Å². The van der Waals surface area contributed by atoms with E-state index in [9.17, 15) is 4.79 Å². The molecule has 5 nitrogen and oxygen atoms in total. The molecular formula is C15H18N4O. The number of rotatable bonds is 3. The third kappa shape index (κ3) is 2.77. The van der Waals surface area contributed by atoms with Crippen LogP contribution in [0.4, 0.5) is 5.69 Å². The molecule has 104 valence electrons. The molecule has 2 aromatic rings. The van der Waals surface area contributed by atoms with E-state index in [4.69, 9.17) is 5.73 Å². The van der Waals surface area contributed by atoms with Gasteiger partial charge in [0.2, 0.25) is 5.91 Å². The van der Waals surface area contributed by atoms with Crippen LogP contribution in [-0.4, -0.2) is 21.9 Å². The number of carbonyl (C=O) groups excluding carboxylic acids is 1. The monoisotopic (exact) mass is 270 g/mol. The van der Waals surface area contributed by atoms with Gasteiger partial charge in [-0.2, -0.15) is 0 Å². The molecule has 20 heavy (non-hydrogen) atoms. The van der Waals surface area contributed by atoms with Crippen molar-refractivity contribution >= 4 is 22.6 Å². The molecule has 0 unspecified atom stereocenters. The molecule has 1 heterocycles. The van der Waals surface area contributed by atoms with Gasteiger partial charge >= 0.3 is 0 Å². The van der Waals surface area contributed by atoms with Crippen molar-refractivity contribution in [3.8, 4) is 0 Å². The van der Waals surface area contributed by atoms with E-state index >= 15 is 0 Å². The van der Waals surface area contributed by atoms with Crippen LogP contribution in [-0.2, 0) is 4.79 Å². The summed E-state index contributed by atoms with van der Waals surface area (Å²) in [5, 5.41) is 2.92. The topological polar surface area (TPSA) is 80.9 Å². The van der Waals surface area contributed by atoms with E-state index in [0.717, 1.165) is 36.0 Å². The number of aromatic nitrogens is 2. The van der Waals surface area contributed by atoms with Crippen molar-refractivity contribution in [2.45, 2.75) is 31.7 Å². The van der Waals surface area contributed by atoms with Gasteiger partial charge in [0.15, 0.2) is 0 Å². The number of hydrogen-bond acceptors (Lipinski definition) is 4. The zero-order valence-electron chi connectivity index (χ0n) is 11.2. The molecule has 1 aromatic carbocycles. The molecule has 1 aromatic heterocycles. The number of anilines is 1. The molecule has 1 aliphatic carbocycles. The van der Waals surface area contributed by atoms with Crippen LogP contribution in [0.3, 0.4) is 0 Å². The first-order valence-electron chi connectivity index (χ1n) is 6.98. The second kappa shape index (κ2) is 5.54. The highest BCUT2D eigenvalue weighted by Crippen LogP contribution is 2.27. The molecule has 1 fully saturated rings. The van der Waals surface area contributed by atoms with Gasteiger partial charge in [-0.3, -0.25) is 14.8 Å². The quantitative estimate of drug-likeness (QED) is 0.894. The number of carbonyl (C=O) groups is 1. The number of nitrogens with one attached hydrogen (secondary N) is 1. The van der Waals surface area contributed by atoms with Crippen LogP contribution in [0.2, 0.25) is 0 Å². The van der Waals surface area contributed by atoms with Crippen LogP contribution in [0.25, 0.3) is 11.0 Å². The maximum absolute atomic E-state index is 12.0. The average Bonchev–Trinajstić information content (AvgIpc) is 2.84. The summed E-state index contributed by atoms with van der Waals surface area (Å²) in [6.45, 7) is 0. The minimum atomic E-state index is 0.0237. The average molecular weight is 270 g/mol. The van der Waals surface area contributed by atoms with Crippen LogP contribution in [0.15, 0.2) is 30.6 Å². The summed E-state index contributed by atoms with van der Waals surface area (Å²) in [5.74, 6) is 0.339. The van der Waals surface area contributed by atoms with Crippen molar-refractivity contribution in [2.75, 3.05) is 5.32 Å². The third-order valence-corrected chi connectivity index (χ3v) is 3.92. The highest BCUT2D eigenvalue weighted by molar-refractivity contribution is 5.93. The number of nitrogens with two attached hydrogens (primary N) is 1. The fourth-order valence-electron chi connectivity index (χ4n) is 2.81. The van der Waals surface area contributed by atoms with Gasteiger partial charge < -0.3 is 11.1 Å². The maximum atomic E-state index is 12.0. The predicted molar refractivity (Wildman–Crippen MR) is 78.1 cm³/mol. The number of amides is 1. The summed E-state index contributed by atoms with van der Waals surface area (Å²) in [6.07, 6.45) is 7.01. The number of nitrogens with zero attached hydrogens (tertiary/aromatic N) is 2. The summed E-state index contributed by atoms with van der Waals surface area (Å²) in [7, 11) is 0. The van der Waals surface area contributed by atoms with E-state index in [1.807, 2.05) is 18.2 Å². The van der Waals surface area contributed by atoms with Crippen molar-refractivity contribution < 1.29 is 4.79 Å². The largest absolute Gasteiger partial charge is 0.327 e. The molecule has 0 saturated heterocycles. The lowest BCUT2D eigenvalue weighted by atomic mass is 10.00. The van der Waals surface area contributed by atoms with Crippen molar-refractivity contribution in [1.82, 2.24) is 9.97 Å². The minimum Gasteiger partial charge on any atom is -0.327 e. The van der Waals surface area contributed by atoms with Gasteiger partial charge in [-0.05, 0) is 37.0 Å². The lowest BCUT2D eigenvalue weighted by Gasteiger charge is -2.14. The van der Waals surface area contributed by atoms with Gasteiger partial charge in [0.25, 0.3) is 0 Å². The number of fused-ring (bicyclic) bond motifs is 1. The first-order valence-corrected chi connectivity index (χ1v) is 6.98. The molecular weight excluding hydrogens is 252 g/mol. The van der Waals surface area contributed by atoms with Gasteiger partial charge in [0.05, 0.1) is 11.0 Å². The van der Waals surface area contributed by atoms with Gasteiger partial charge in [0, 0.05) is 30.5 Å². The maximum Gasteiger partial charge on any atom is 0.224 e. The second-order valence-corrected chi connectivity index (χ2v) is 5.37. The smallest absolute Gasteiger partial charge is 0.224 e. The van der Waals surface area contributed by atoms with E-state index in [1.54, 1.807) is 12.4 Å². The van der Waals surface area contributed by atoms with Crippen LogP contribution in [0.1, 0.15) is 25.7 Å². The summed E-state index contributed by atoms with van der Waals surface area (Å²) in [6, 6.07) is 5.72. The molecule has 5 heteroatoms. The fourth-order valence-corrected chi connectivity index (χ4v) is 2.81. The van der Waals surface area contributed by atoms with E-state index in [2.05, 4.69) is 15.3 Å². The van der Waals surface area contributed by atoms with Gasteiger partial charge in [-0.15, -0.1) is 0 Å². The third-order valence-electron chi connectivity index (χ3n) is 3.92. The zero-order valence-corrected chi connectivity index (χ0v) is 11.2. The predicted octanol–water partition coefficient (Wildman–Crippen LogP) is 2.09. The molecule has 1 aliphatic rings. The van der Waals surface area contributed by atoms with Gasteiger partial charge in [-0.25, -0.2) is 0 Å². The molecule has 2 atom stereocenters. The molecule has 0 spiro atoms. The number of hydrogen-bond donors (Lipinski definition) is 2. The molecule has 1 amide bonds. The minimum absolute atomic E-state index is 0.0237. The highest BCUT2D eigenvalue weighted by Gasteiger charge is 2.25. The zero-order chi connectivity index (χ0) is 13.9. The molecule has 0 bridgehead atoms. The number of benzene rings is 1. The van der Waals surface area contributed by atoms with Crippen LogP contribution >= 0.6 is 0 Å². The Morgan fingerprint density at radius 2 is 2.05 bits per heavy atom. The van der Waals surface area contributed by atoms with Crippen molar-refractivity contribution in [3.63, 3.8) is 0 Å². The van der Waals surface area contributed by atoms with E-state index in [0.29, 0.717) is 12.3 Å². The van der Waals surface area contributed by atoms with Gasteiger partial charge in [0.1, 0.15) is 0 Å². The van der Waals surface area contributed by atoms with Gasteiger partial charge in [-0.1, -0.05) is 6.42 Å². The first kappa shape index (κ1) is 13.0. The van der Waals surface area contributed by atoms with Crippen LogP contribution in [0.5, 0.6) is 0 Å². The Morgan fingerprint density at radius 3 is 2.80 bits per heavy atom. The van der Waals surface area contributed by atoms with E-state index in [-0.39, 0.29) is 11.9 Å². The highest BCUT2D eigenvalue weighted by atomic mass is 16.1. The Hall–Kier alpha value is -2.01. The second-order valence-electron chi connectivity index (χ2n) is 5.37. The SMILES string of the molecule is N[C@@H]1CCC[C@H]1CC(=O)Nc1ccc2nccnc2c1. The van der Waals surface area contributed by atoms with Crippen molar-refractivity contribution in [3.05, 3.63) is 30.6 Å². The van der Waals surface area contributed by atoms with E-state index in [1.165, 1.54) is 0 Å². The molecule has 0 radical (unpaired) electrons. The lowest BCUT2D eigenvalue weighted by molar-refractivity contribution is -0.117. The molecule has 3 N–H and O–H groups in total. The fraction of sp³-hybridized carbons (Fsp3) is 0.400. The molecule has 0 aliphatic heterocycles. The summed E-state index contributed by atoms with van der Waals surface area (Å²) in [5.41, 5.74) is 8.36. The Kier molecular flexibility index (Phi) is 3.60.